The van der Waals surface area contributed by atoms with Crippen LogP contribution in [-0.4, -0.2) is 21.7 Å². The van der Waals surface area contributed by atoms with Crippen molar-refractivity contribution in [2.75, 3.05) is 0 Å². The van der Waals surface area contributed by atoms with Gasteiger partial charge in [-0.05, 0) is 31.9 Å². The molecule has 5 nitrogen and oxygen atoms in total. The molecule has 1 aliphatic rings. The SMILES string of the molecule is CCn1nc(C(=O)NC2CC2)c(=O)c2ccccc21. The van der Waals surface area contributed by atoms with Gasteiger partial charge in [0.25, 0.3) is 5.91 Å². The van der Waals surface area contributed by atoms with Gasteiger partial charge < -0.3 is 5.32 Å². The summed E-state index contributed by atoms with van der Waals surface area (Å²) in [4.78, 5) is 24.3. The van der Waals surface area contributed by atoms with Crippen LogP contribution in [0.25, 0.3) is 10.9 Å². The molecule has 19 heavy (non-hydrogen) atoms. The summed E-state index contributed by atoms with van der Waals surface area (Å²) in [7, 11) is 0. The number of hydrogen-bond acceptors (Lipinski definition) is 3. The molecule has 1 aliphatic carbocycles. The number of aryl methyl sites for hydroxylation is 1. The van der Waals surface area contributed by atoms with Gasteiger partial charge in [0, 0.05) is 18.0 Å². The van der Waals surface area contributed by atoms with Gasteiger partial charge in [0.1, 0.15) is 0 Å². The second-order valence-corrected chi connectivity index (χ2v) is 4.76. The molecule has 0 aliphatic heterocycles. The molecule has 2 aromatic rings. The molecule has 1 amide bonds. The first-order chi connectivity index (χ1) is 9.20. The Morgan fingerprint density at radius 1 is 1.42 bits per heavy atom. The molecule has 0 radical (unpaired) electrons. The molecule has 5 heteroatoms. The van der Waals surface area contributed by atoms with E-state index in [0.29, 0.717) is 11.9 Å². The maximum atomic E-state index is 12.3. The molecule has 0 saturated heterocycles. The van der Waals surface area contributed by atoms with Gasteiger partial charge in [-0.3, -0.25) is 14.3 Å². The predicted molar refractivity (Wildman–Crippen MR) is 72.2 cm³/mol. The third-order valence-corrected chi connectivity index (χ3v) is 3.29. The number of nitrogens with zero attached hydrogens (tertiary/aromatic N) is 2. The van der Waals surface area contributed by atoms with Gasteiger partial charge in [-0.25, -0.2) is 0 Å². The lowest BCUT2D eigenvalue weighted by Crippen LogP contribution is -2.33. The summed E-state index contributed by atoms with van der Waals surface area (Å²) in [6, 6.07) is 7.46. The molecule has 0 spiro atoms. The molecule has 98 valence electrons. The van der Waals surface area contributed by atoms with Crippen molar-refractivity contribution in [2.24, 2.45) is 0 Å². The highest BCUT2D eigenvalue weighted by molar-refractivity contribution is 5.95. The highest BCUT2D eigenvalue weighted by atomic mass is 16.2. The van der Waals surface area contributed by atoms with Gasteiger partial charge in [-0.15, -0.1) is 0 Å². The highest BCUT2D eigenvalue weighted by Crippen LogP contribution is 2.19. The summed E-state index contributed by atoms with van der Waals surface area (Å²) in [5.41, 5.74) is 0.462. The number of amides is 1. The minimum absolute atomic E-state index is 0.00699. The quantitative estimate of drug-likeness (QED) is 0.901. The van der Waals surface area contributed by atoms with Crippen LogP contribution in [0.4, 0.5) is 0 Å². The Kier molecular flexibility index (Phi) is 2.81. The molecule has 1 aromatic carbocycles. The van der Waals surface area contributed by atoms with E-state index in [4.69, 9.17) is 0 Å². The van der Waals surface area contributed by atoms with Crippen molar-refractivity contribution in [2.45, 2.75) is 32.4 Å². The standard InChI is InChI=1S/C14H15N3O2/c1-2-17-11-6-4-3-5-10(11)13(18)12(16-17)14(19)15-9-7-8-9/h3-6,9H,2,7-8H2,1H3,(H,15,19). The molecule has 0 unspecified atom stereocenters. The molecule has 1 fully saturated rings. The zero-order valence-corrected chi connectivity index (χ0v) is 10.7. The van der Waals surface area contributed by atoms with Crippen molar-refractivity contribution in [3.63, 3.8) is 0 Å². The number of nitrogens with one attached hydrogen (secondary N) is 1. The van der Waals surface area contributed by atoms with Gasteiger partial charge in [-0.2, -0.15) is 5.10 Å². The number of carbonyl (C=O) groups is 1. The van der Waals surface area contributed by atoms with E-state index in [9.17, 15) is 9.59 Å². The summed E-state index contributed by atoms with van der Waals surface area (Å²) in [5, 5.41) is 7.55. The van der Waals surface area contributed by atoms with Crippen molar-refractivity contribution in [1.82, 2.24) is 15.1 Å². The lowest BCUT2D eigenvalue weighted by Gasteiger charge is -2.09. The Balaban J connectivity index is 2.16. The van der Waals surface area contributed by atoms with Crippen LogP contribution in [0.15, 0.2) is 29.1 Å². The average molecular weight is 257 g/mol. The van der Waals surface area contributed by atoms with E-state index >= 15 is 0 Å². The summed E-state index contributed by atoms with van der Waals surface area (Å²) < 4.78 is 1.69. The normalized spacial score (nSPS) is 14.6. The molecule has 0 bridgehead atoms. The van der Waals surface area contributed by atoms with Crippen LogP contribution in [0.2, 0.25) is 0 Å². The van der Waals surface area contributed by atoms with Crippen LogP contribution in [-0.2, 0) is 6.54 Å². The van der Waals surface area contributed by atoms with Crippen molar-refractivity contribution in [3.8, 4) is 0 Å². The molecular formula is C14H15N3O2. The molecule has 1 heterocycles. The lowest BCUT2D eigenvalue weighted by atomic mass is 10.2. The van der Waals surface area contributed by atoms with E-state index in [1.165, 1.54) is 0 Å². The van der Waals surface area contributed by atoms with Gasteiger partial charge in [0.15, 0.2) is 5.69 Å². The van der Waals surface area contributed by atoms with Gasteiger partial charge in [-0.1, -0.05) is 12.1 Å². The first-order valence-corrected chi connectivity index (χ1v) is 6.51. The number of carbonyl (C=O) groups excluding carboxylic acids is 1. The van der Waals surface area contributed by atoms with Gasteiger partial charge in [0.05, 0.1) is 5.52 Å². The van der Waals surface area contributed by atoms with E-state index in [1.54, 1.807) is 16.8 Å². The number of fused-ring (bicyclic) bond motifs is 1. The summed E-state index contributed by atoms with van der Waals surface area (Å²) in [6.45, 7) is 2.55. The number of aromatic nitrogens is 2. The molecule has 1 N–H and O–H groups in total. The molecule has 1 aromatic heterocycles. The largest absolute Gasteiger partial charge is 0.348 e. The van der Waals surface area contributed by atoms with Gasteiger partial charge in [0.2, 0.25) is 5.43 Å². The van der Waals surface area contributed by atoms with Crippen LogP contribution >= 0.6 is 0 Å². The maximum Gasteiger partial charge on any atom is 0.276 e. The molecular weight excluding hydrogens is 242 g/mol. The van der Waals surface area contributed by atoms with E-state index < -0.39 is 0 Å². The molecule has 0 atom stereocenters. The van der Waals surface area contributed by atoms with E-state index in [-0.39, 0.29) is 23.1 Å². The van der Waals surface area contributed by atoms with Crippen LogP contribution < -0.4 is 10.7 Å². The first kappa shape index (κ1) is 11.9. The summed E-state index contributed by atoms with van der Waals surface area (Å²) in [5.74, 6) is -0.361. The second kappa shape index (κ2) is 4.50. The van der Waals surface area contributed by atoms with Crippen molar-refractivity contribution < 1.29 is 4.79 Å². The Bertz CT molecular complexity index is 701. The fraction of sp³-hybridized carbons (Fsp3) is 0.357. The first-order valence-electron chi connectivity index (χ1n) is 6.51. The fourth-order valence-corrected chi connectivity index (χ4v) is 2.11. The third-order valence-electron chi connectivity index (χ3n) is 3.29. The summed E-state index contributed by atoms with van der Waals surface area (Å²) in [6.07, 6.45) is 1.97. The predicted octanol–water partition coefficient (Wildman–Crippen LogP) is 1.31. The Labute approximate surface area is 110 Å². The van der Waals surface area contributed by atoms with Crippen molar-refractivity contribution >= 4 is 16.8 Å². The van der Waals surface area contributed by atoms with Gasteiger partial charge >= 0.3 is 0 Å². The topological polar surface area (TPSA) is 64.0 Å². The Morgan fingerprint density at radius 3 is 2.84 bits per heavy atom. The number of para-hydroxylation sites is 1. The van der Waals surface area contributed by atoms with Crippen molar-refractivity contribution in [3.05, 3.63) is 40.2 Å². The highest BCUT2D eigenvalue weighted by Gasteiger charge is 2.26. The smallest absolute Gasteiger partial charge is 0.276 e. The van der Waals surface area contributed by atoms with E-state index in [0.717, 1.165) is 18.4 Å². The minimum atomic E-state index is -0.361. The lowest BCUT2D eigenvalue weighted by molar-refractivity contribution is 0.0943. The molecule has 1 saturated carbocycles. The second-order valence-electron chi connectivity index (χ2n) is 4.76. The zero-order chi connectivity index (χ0) is 13.4. The Morgan fingerprint density at radius 2 is 2.16 bits per heavy atom. The van der Waals surface area contributed by atoms with Crippen LogP contribution in [0.5, 0.6) is 0 Å². The van der Waals surface area contributed by atoms with Crippen LogP contribution in [0.3, 0.4) is 0 Å². The molecule has 3 rings (SSSR count). The minimum Gasteiger partial charge on any atom is -0.348 e. The number of hydrogen-bond donors (Lipinski definition) is 1. The number of rotatable bonds is 3. The van der Waals surface area contributed by atoms with Crippen LogP contribution in [0, 0.1) is 0 Å². The fourth-order valence-electron chi connectivity index (χ4n) is 2.11. The van der Waals surface area contributed by atoms with Crippen molar-refractivity contribution in [1.29, 1.82) is 0 Å². The third kappa shape index (κ3) is 2.12. The summed E-state index contributed by atoms with van der Waals surface area (Å²) >= 11 is 0. The maximum absolute atomic E-state index is 12.3. The average Bonchev–Trinajstić information content (AvgIpc) is 3.23. The van der Waals surface area contributed by atoms with E-state index in [2.05, 4.69) is 10.4 Å². The number of benzene rings is 1. The Hall–Kier alpha value is -2.17. The van der Waals surface area contributed by atoms with E-state index in [1.807, 2.05) is 19.1 Å². The zero-order valence-electron chi connectivity index (χ0n) is 10.7. The van der Waals surface area contributed by atoms with Crippen LogP contribution in [0.1, 0.15) is 30.3 Å². The monoisotopic (exact) mass is 257 g/mol.